The first-order chi connectivity index (χ1) is 14.5. The Balaban J connectivity index is 1.48. The summed E-state index contributed by atoms with van der Waals surface area (Å²) >= 11 is 0. The van der Waals surface area contributed by atoms with Crippen LogP contribution in [0, 0.1) is 5.82 Å². The zero-order valence-electron chi connectivity index (χ0n) is 16.2. The molecule has 0 bridgehead atoms. The average Bonchev–Trinajstić information content (AvgIpc) is 2.75. The van der Waals surface area contributed by atoms with Gasteiger partial charge in [-0.05, 0) is 49.4 Å². The van der Waals surface area contributed by atoms with E-state index in [4.69, 9.17) is 4.74 Å². The molecule has 0 aliphatic heterocycles. The minimum Gasteiger partial charge on any atom is -0.491 e. The number of anilines is 3. The molecule has 2 heterocycles. The Labute approximate surface area is 173 Å². The van der Waals surface area contributed by atoms with Crippen molar-refractivity contribution in [1.29, 1.82) is 0 Å². The van der Waals surface area contributed by atoms with E-state index in [2.05, 4.69) is 30.5 Å². The van der Waals surface area contributed by atoms with E-state index >= 15 is 0 Å². The summed E-state index contributed by atoms with van der Waals surface area (Å²) in [5, 5.41) is 14.0. The molecule has 0 atom stereocenters. The summed E-state index contributed by atoms with van der Waals surface area (Å²) in [6, 6.07) is 12.4. The van der Waals surface area contributed by atoms with Crippen molar-refractivity contribution < 1.29 is 17.5 Å². The van der Waals surface area contributed by atoms with Gasteiger partial charge in [0.2, 0.25) is 10.0 Å². The molecule has 158 valence electrons. The van der Waals surface area contributed by atoms with Crippen LogP contribution in [0.25, 0.3) is 0 Å². The van der Waals surface area contributed by atoms with Crippen molar-refractivity contribution in [2.24, 2.45) is 0 Å². The third kappa shape index (κ3) is 5.84. The van der Waals surface area contributed by atoms with Crippen molar-refractivity contribution >= 4 is 27.5 Å². The monoisotopic (exact) mass is 432 g/mol. The van der Waals surface area contributed by atoms with E-state index in [1.165, 1.54) is 12.1 Å². The number of halogens is 1. The number of hydrogen-bond donors (Lipinski definition) is 3. The first-order valence-electron chi connectivity index (χ1n) is 9.15. The van der Waals surface area contributed by atoms with Crippen LogP contribution < -0.4 is 20.1 Å². The molecule has 0 unspecified atom stereocenters. The Kier molecular flexibility index (Phi) is 7.09. The van der Waals surface area contributed by atoms with Crippen LogP contribution in [0.5, 0.6) is 5.75 Å². The van der Waals surface area contributed by atoms with Crippen LogP contribution >= 0.6 is 0 Å². The number of pyridine rings is 1. The Morgan fingerprint density at radius 1 is 1.00 bits per heavy atom. The fourth-order valence-electron chi connectivity index (χ4n) is 2.44. The number of aromatic nitrogens is 3. The highest BCUT2D eigenvalue weighted by Gasteiger charge is 2.16. The van der Waals surface area contributed by atoms with E-state index in [-0.39, 0.29) is 30.3 Å². The number of ether oxygens (including phenoxy) is 1. The van der Waals surface area contributed by atoms with Crippen molar-refractivity contribution in [2.75, 3.05) is 30.3 Å². The van der Waals surface area contributed by atoms with Crippen LogP contribution in [0.4, 0.5) is 21.8 Å². The molecule has 3 N–H and O–H groups in total. The third-order valence-corrected chi connectivity index (χ3v) is 5.28. The topological polar surface area (TPSA) is 118 Å². The Morgan fingerprint density at radius 2 is 1.80 bits per heavy atom. The zero-order chi connectivity index (χ0) is 21.4. The summed E-state index contributed by atoms with van der Waals surface area (Å²) in [5.41, 5.74) is 0. The van der Waals surface area contributed by atoms with Gasteiger partial charge < -0.3 is 15.4 Å². The molecule has 2 aromatic heterocycles. The van der Waals surface area contributed by atoms with E-state index in [1.54, 1.807) is 31.3 Å². The highest BCUT2D eigenvalue weighted by Crippen LogP contribution is 2.21. The number of hydrogen-bond acceptors (Lipinski definition) is 8. The maximum absolute atomic E-state index is 13.9. The van der Waals surface area contributed by atoms with E-state index in [0.717, 1.165) is 6.07 Å². The predicted octanol–water partition coefficient (Wildman–Crippen LogP) is 2.54. The normalized spacial score (nSPS) is 11.1. The minimum atomic E-state index is -3.85. The number of nitrogens with one attached hydrogen (secondary N) is 3. The second kappa shape index (κ2) is 9.94. The second-order valence-electron chi connectivity index (χ2n) is 5.99. The summed E-state index contributed by atoms with van der Waals surface area (Å²) < 4.78 is 46.0. The SMILES string of the molecule is CCOc1ccc(S(=O)(=O)NCCNc2ccc(Nc3ccccn3)nn2)cc1F. The molecule has 0 saturated carbocycles. The largest absolute Gasteiger partial charge is 0.491 e. The molecular formula is C19H21FN6O3S. The van der Waals surface area contributed by atoms with Gasteiger partial charge in [-0.2, -0.15) is 0 Å². The first-order valence-corrected chi connectivity index (χ1v) is 10.6. The van der Waals surface area contributed by atoms with Gasteiger partial charge in [-0.3, -0.25) is 0 Å². The number of benzene rings is 1. The lowest BCUT2D eigenvalue weighted by molar-refractivity contribution is 0.321. The Bertz CT molecular complexity index is 1070. The minimum absolute atomic E-state index is 0.0117. The highest BCUT2D eigenvalue weighted by molar-refractivity contribution is 7.89. The Morgan fingerprint density at radius 3 is 2.47 bits per heavy atom. The molecule has 0 aliphatic carbocycles. The van der Waals surface area contributed by atoms with Gasteiger partial charge in [0.15, 0.2) is 17.4 Å². The van der Waals surface area contributed by atoms with Gasteiger partial charge in [-0.1, -0.05) is 6.07 Å². The summed E-state index contributed by atoms with van der Waals surface area (Å²) in [7, 11) is -3.85. The highest BCUT2D eigenvalue weighted by atomic mass is 32.2. The second-order valence-corrected chi connectivity index (χ2v) is 7.76. The molecule has 3 aromatic rings. The molecule has 0 spiro atoms. The lowest BCUT2D eigenvalue weighted by Crippen LogP contribution is -2.29. The van der Waals surface area contributed by atoms with Gasteiger partial charge in [0.25, 0.3) is 0 Å². The van der Waals surface area contributed by atoms with E-state index in [1.807, 2.05) is 12.1 Å². The quantitative estimate of drug-likeness (QED) is 0.418. The van der Waals surface area contributed by atoms with Crippen molar-refractivity contribution in [3.8, 4) is 5.75 Å². The van der Waals surface area contributed by atoms with E-state index in [9.17, 15) is 12.8 Å². The average molecular weight is 432 g/mol. The molecule has 1 aromatic carbocycles. The number of nitrogens with zero attached hydrogens (tertiary/aromatic N) is 3. The molecule has 0 amide bonds. The fourth-order valence-corrected chi connectivity index (χ4v) is 3.48. The molecule has 0 fully saturated rings. The van der Waals surface area contributed by atoms with Crippen molar-refractivity contribution in [3.05, 3.63) is 60.5 Å². The molecule has 9 nitrogen and oxygen atoms in total. The number of sulfonamides is 1. The summed E-state index contributed by atoms with van der Waals surface area (Å²) in [4.78, 5) is 3.96. The Hall–Kier alpha value is -3.31. The van der Waals surface area contributed by atoms with Gasteiger partial charge in [0.05, 0.1) is 11.5 Å². The van der Waals surface area contributed by atoms with Crippen LogP contribution in [-0.2, 0) is 10.0 Å². The third-order valence-electron chi connectivity index (χ3n) is 3.82. The van der Waals surface area contributed by atoms with Gasteiger partial charge in [-0.15, -0.1) is 10.2 Å². The van der Waals surface area contributed by atoms with Crippen LogP contribution in [0.15, 0.2) is 59.6 Å². The van der Waals surface area contributed by atoms with Crippen LogP contribution in [0.3, 0.4) is 0 Å². The summed E-state index contributed by atoms with van der Waals surface area (Å²) in [5.74, 6) is 0.934. The van der Waals surface area contributed by atoms with Crippen molar-refractivity contribution in [2.45, 2.75) is 11.8 Å². The van der Waals surface area contributed by atoms with Crippen LogP contribution in [0.2, 0.25) is 0 Å². The van der Waals surface area contributed by atoms with Crippen LogP contribution in [-0.4, -0.2) is 43.3 Å². The maximum atomic E-state index is 13.9. The summed E-state index contributed by atoms with van der Waals surface area (Å²) in [6.07, 6.45) is 1.66. The molecule has 0 aliphatic rings. The van der Waals surface area contributed by atoms with Gasteiger partial charge in [-0.25, -0.2) is 22.5 Å². The van der Waals surface area contributed by atoms with Gasteiger partial charge >= 0.3 is 0 Å². The maximum Gasteiger partial charge on any atom is 0.240 e. The number of rotatable bonds is 10. The molecule has 0 saturated heterocycles. The molecule has 3 rings (SSSR count). The van der Waals surface area contributed by atoms with Crippen molar-refractivity contribution in [3.63, 3.8) is 0 Å². The standard InChI is InChI=1S/C19H21FN6O3S/c1-2-29-16-7-6-14(13-15(16)20)30(27,28)23-12-11-22-18-8-9-19(26-25-18)24-17-5-3-4-10-21-17/h3-10,13,23H,2,11-12H2,1H3,(H,22,25)(H,21,24,26). The van der Waals surface area contributed by atoms with Gasteiger partial charge in [0, 0.05) is 19.3 Å². The fraction of sp³-hybridized carbons (Fsp3) is 0.211. The van der Waals surface area contributed by atoms with E-state index in [0.29, 0.717) is 17.5 Å². The summed E-state index contributed by atoms with van der Waals surface area (Å²) in [6.45, 7) is 2.34. The lowest BCUT2D eigenvalue weighted by Gasteiger charge is -2.10. The predicted molar refractivity (Wildman–Crippen MR) is 111 cm³/mol. The van der Waals surface area contributed by atoms with Gasteiger partial charge in [0.1, 0.15) is 11.6 Å². The van der Waals surface area contributed by atoms with Crippen molar-refractivity contribution in [1.82, 2.24) is 19.9 Å². The smallest absolute Gasteiger partial charge is 0.240 e. The molecular weight excluding hydrogens is 411 g/mol. The molecule has 11 heteroatoms. The zero-order valence-corrected chi connectivity index (χ0v) is 17.0. The van der Waals surface area contributed by atoms with E-state index < -0.39 is 15.8 Å². The van der Waals surface area contributed by atoms with Crippen LogP contribution in [0.1, 0.15) is 6.92 Å². The first kappa shape index (κ1) is 21.4. The molecule has 0 radical (unpaired) electrons. The molecule has 30 heavy (non-hydrogen) atoms. The lowest BCUT2D eigenvalue weighted by atomic mass is 10.3.